The van der Waals surface area contributed by atoms with Crippen LogP contribution >= 0.6 is 0 Å². The van der Waals surface area contributed by atoms with Crippen molar-refractivity contribution in [2.75, 3.05) is 39.4 Å². The van der Waals surface area contributed by atoms with Crippen LogP contribution in [0.5, 0.6) is 0 Å². The molecule has 0 atom stereocenters. The van der Waals surface area contributed by atoms with Crippen molar-refractivity contribution in [3.05, 3.63) is 29.6 Å². The molecular weight excluding hydrogens is 390 g/mol. The molecule has 0 saturated carbocycles. The van der Waals surface area contributed by atoms with Gasteiger partial charge in [0.1, 0.15) is 11.4 Å². The van der Waals surface area contributed by atoms with Gasteiger partial charge in [0, 0.05) is 26.2 Å². The smallest absolute Gasteiger partial charge is 0.357 e. The Morgan fingerprint density at radius 2 is 1.10 bits per heavy atom. The second-order valence-electron chi connectivity index (χ2n) is 7.44. The van der Waals surface area contributed by atoms with E-state index in [1.807, 2.05) is 0 Å². The van der Waals surface area contributed by atoms with Crippen LogP contribution in [0.3, 0.4) is 0 Å². The Bertz CT molecular complexity index is 723. The fourth-order valence-corrected chi connectivity index (χ4v) is 3.53. The Morgan fingerprint density at radius 3 is 1.50 bits per heavy atom. The highest BCUT2D eigenvalue weighted by atomic mass is 16.5. The minimum Gasteiger partial charge on any atom is -0.451 e. The highest BCUT2D eigenvalue weighted by molar-refractivity contribution is 5.93. The molecule has 3 heterocycles. The summed E-state index contributed by atoms with van der Waals surface area (Å²) in [5.74, 6) is -2.07. The van der Waals surface area contributed by atoms with E-state index < -0.39 is 11.9 Å². The quantitative estimate of drug-likeness (QED) is 0.645. The number of hydrogen-bond donors (Lipinski definition) is 0. The second-order valence-corrected chi connectivity index (χ2v) is 7.44. The molecule has 0 aliphatic carbocycles. The number of piperidine rings is 2. The molecule has 30 heavy (non-hydrogen) atoms. The summed E-state index contributed by atoms with van der Waals surface area (Å²) in [6.45, 7) is 1.97. The summed E-state index contributed by atoms with van der Waals surface area (Å²) in [5, 5.41) is 0. The Kier molecular flexibility index (Phi) is 7.75. The predicted molar refractivity (Wildman–Crippen MR) is 106 cm³/mol. The minimum atomic E-state index is -0.792. The van der Waals surface area contributed by atoms with E-state index in [2.05, 4.69) is 4.98 Å². The van der Waals surface area contributed by atoms with Crippen LogP contribution in [0, 0.1) is 0 Å². The lowest BCUT2D eigenvalue weighted by Gasteiger charge is -2.26. The van der Waals surface area contributed by atoms with Gasteiger partial charge in [-0.2, -0.15) is 0 Å². The lowest BCUT2D eigenvalue weighted by atomic mass is 10.1. The first-order valence-electron chi connectivity index (χ1n) is 10.4. The normalized spacial score (nSPS) is 16.7. The van der Waals surface area contributed by atoms with E-state index in [1.54, 1.807) is 9.80 Å². The molecule has 0 N–H and O–H groups in total. The van der Waals surface area contributed by atoms with Crippen LogP contribution in [0.2, 0.25) is 0 Å². The van der Waals surface area contributed by atoms with Gasteiger partial charge in [-0.1, -0.05) is 6.07 Å². The van der Waals surface area contributed by atoms with Crippen molar-refractivity contribution in [2.24, 2.45) is 0 Å². The van der Waals surface area contributed by atoms with Crippen molar-refractivity contribution >= 4 is 23.8 Å². The average Bonchev–Trinajstić information content (AvgIpc) is 2.81. The van der Waals surface area contributed by atoms with Gasteiger partial charge in [-0.15, -0.1) is 0 Å². The zero-order valence-electron chi connectivity index (χ0n) is 17.0. The SMILES string of the molecule is O=C(OCC(=O)N1CCCCC1)c1cccc(C(=O)OCC(=O)N2CCCCC2)n1. The summed E-state index contributed by atoms with van der Waals surface area (Å²) in [6.07, 6.45) is 5.99. The maximum absolute atomic E-state index is 12.2. The first kappa shape index (κ1) is 21.7. The van der Waals surface area contributed by atoms with Gasteiger partial charge in [0.25, 0.3) is 11.8 Å². The molecule has 9 nitrogen and oxygen atoms in total. The molecule has 0 radical (unpaired) electrons. The summed E-state index contributed by atoms with van der Waals surface area (Å²) in [5.41, 5.74) is -0.198. The fraction of sp³-hybridized carbons (Fsp3) is 0.571. The maximum Gasteiger partial charge on any atom is 0.357 e. The summed E-state index contributed by atoms with van der Waals surface area (Å²) < 4.78 is 10.1. The number of esters is 2. The molecule has 9 heteroatoms. The van der Waals surface area contributed by atoms with E-state index in [4.69, 9.17) is 9.47 Å². The highest BCUT2D eigenvalue weighted by Gasteiger charge is 2.21. The van der Waals surface area contributed by atoms with Gasteiger partial charge < -0.3 is 19.3 Å². The predicted octanol–water partition coefficient (Wildman–Crippen LogP) is 1.42. The number of rotatable bonds is 6. The van der Waals surface area contributed by atoms with E-state index in [0.29, 0.717) is 26.2 Å². The van der Waals surface area contributed by atoms with Gasteiger partial charge in [0.15, 0.2) is 13.2 Å². The molecule has 2 aliphatic heterocycles. The lowest BCUT2D eigenvalue weighted by Crippen LogP contribution is -2.38. The van der Waals surface area contributed by atoms with Crippen molar-refractivity contribution in [3.63, 3.8) is 0 Å². The average molecular weight is 417 g/mol. The standard InChI is InChI=1S/C21H27N3O6/c25-18(23-10-3-1-4-11-23)14-29-20(27)16-8-7-9-17(22-16)21(28)30-15-19(26)24-12-5-2-6-13-24/h7-9H,1-6,10-15H2. The Labute approximate surface area is 175 Å². The molecule has 1 aromatic rings. The van der Waals surface area contributed by atoms with Crippen molar-refractivity contribution in [3.8, 4) is 0 Å². The highest BCUT2D eigenvalue weighted by Crippen LogP contribution is 2.11. The molecule has 2 saturated heterocycles. The molecule has 2 fully saturated rings. The number of likely N-dealkylation sites (tertiary alicyclic amines) is 2. The van der Waals surface area contributed by atoms with Crippen molar-refractivity contribution in [2.45, 2.75) is 38.5 Å². The monoisotopic (exact) mass is 417 g/mol. The lowest BCUT2D eigenvalue weighted by molar-refractivity contribution is -0.136. The van der Waals surface area contributed by atoms with E-state index in [-0.39, 0.29) is 36.4 Å². The number of carbonyl (C=O) groups excluding carboxylic acids is 4. The van der Waals surface area contributed by atoms with Crippen LogP contribution in [0.15, 0.2) is 18.2 Å². The number of amides is 2. The van der Waals surface area contributed by atoms with Crippen LogP contribution in [-0.4, -0.2) is 77.9 Å². The summed E-state index contributed by atoms with van der Waals surface area (Å²) in [4.78, 5) is 55.9. The van der Waals surface area contributed by atoms with E-state index in [0.717, 1.165) is 38.5 Å². The van der Waals surface area contributed by atoms with Crippen LogP contribution in [0.25, 0.3) is 0 Å². The second kappa shape index (κ2) is 10.7. The molecule has 0 aromatic carbocycles. The number of nitrogens with zero attached hydrogens (tertiary/aromatic N) is 3. The third-order valence-corrected chi connectivity index (χ3v) is 5.24. The molecule has 2 aliphatic rings. The molecule has 162 valence electrons. The first-order valence-corrected chi connectivity index (χ1v) is 10.4. The largest absolute Gasteiger partial charge is 0.451 e. The van der Waals surface area contributed by atoms with Crippen molar-refractivity contribution in [1.29, 1.82) is 0 Å². The topological polar surface area (TPSA) is 106 Å². The van der Waals surface area contributed by atoms with Crippen LogP contribution in [0.4, 0.5) is 0 Å². The minimum absolute atomic E-state index is 0.0988. The summed E-state index contributed by atoms with van der Waals surface area (Å²) in [7, 11) is 0. The van der Waals surface area contributed by atoms with E-state index in [9.17, 15) is 19.2 Å². The molecule has 0 unspecified atom stereocenters. The van der Waals surface area contributed by atoms with Gasteiger partial charge in [-0.25, -0.2) is 14.6 Å². The van der Waals surface area contributed by atoms with Crippen LogP contribution in [0.1, 0.15) is 59.5 Å². The number of aromatic nitrogens is 1. The summed E-state index contributed by atoms with van der Waals surface area (Å²) in [6, 6.07) is 4.26. The fourth-order valence-electron chi connectivity index (χ4n) is 3.53. The zero-order valence-corrected chi connectivity index (χ0v) is 17.0. The Hall–Kier alpha value is -2.97. The molecule has 0 spiro atoms. The third-order valence-electron chi connectivity index (χ3n) is 5.24. The number of pyridine rings is 1. The molecule has 3 rings (SSSR count). The maximum atomic E-state index is 12.2. The Balaban J connectivity index is 1.49. The van der Waals surface area contributed by atoms with Crippen molar-refractivity contribution < 1.29 is 28.7 Å². The van der Waals surface area contributed by atoms with Gasteiger partial charge in [-0.3, -0.25) is 9.59 Å². The number of ether oxygens (including phenoxy) is 2. The molecular formula is C21H27N3O6. The van der Waals surface area contributed by atoms with E-state index in [1.165, 1.54) is 18.2 Å². The first-order chi connectivity index (χ1) is 14.5. The molecule has 2 amide bonds. The zero-order chi connectivity index (χ0) is 21.3. The summed E-state index contributed by atoms with van der Waals surface area (Å²) >= 11 is 0. The third kappa shape index (κ3) is 6.01. The van der Waals surface area contributed by atoms with Gasteiger partial charge >= 0.3 is 11.9 Å². The Morgan fingerprint density at radius 1 is 0.700 bits per heavy atom. The van der Waals surface area contributed by atoms with Crippen LogP contribution in [-0.2, 0) is 19.1 Å². The van der Waals surface area contributed by atoms with Crippen LogP contribution < -0.4 is 0 Å². The number of carbonyl (C=O) groups is 4. The van der Waals surface area contributed by atoms with E-state index >= 15 is 0 Å². The van der Waals surface area contributed by atoms with Gasteiger partial charge in [-0.05, 0) is 50.7 Å². The molecule has 0 bridgehead atoms. The number of hydrogen-bond acceptors (Lipinski definition) is 7. The van der Waals surface area contributed by atoms with Gasteiger partial charge in [0.2, 0.25) is 0 Å². The molecule has 1 aromatic heterocycles. The van der Waals surface area contributed by atoms with Gasteiger partial charge in [0.05, 0.1) is 0 Å². The van der Waals surface area contributed by atoms with Crippen molar-refractivity contribution in [1.82, 2.24) is 14.8 Å².